The Morgan fingerprint density at radius 1 is 1.30 bits per heavy atom. The molecule has 0 radical (unpaired) electrons. The third-order valence-electron chi connectivity index (χ3n) is 4.92. The van der Waals surface area contributed by atoms with Crippen LogP contribution in [0.2, 0.25) is 0 Å². The lowest BCUT2D eigenvalue weighted by Crippen LogP contribution is -2.67. The molecule has 0 unspecified atom stereocenters. The molecular formula is C16H30N4. The van der Waals surface area contributed by atoms with Crippen LogP contribution >= 0.6 is 0 Å². The van der Waals surface area contributed by atoms with E-state index in [2.05, 4.69) is 63.0 Å². The average molecular weight is 278 g/mol. The predicted molar refractivity (Wildman–Crippen MR) is 83.7 cm³/mol. The van der Waals surface area contributed by atoms with E-state index in [0.29, 0.717) is 0 Å². The number of aryl methyl sites for hydroxylation is 2. The molecule has 1 aliphatic rings. The van der Waals surface area contributed by atoms with E-state index in [1.54, 1.807) is 0 Å². The fraction of sp³-hybridized carbons (Fsp3) is 0.812. The Hall–Kier alpha value is -0.870. The second kappa shape index (κ2) is 5.49. The van der Waals surface area contributed by atoms with Gasteiger partial charge in [0, 0.05) is 37.8 Å². The summed E-state index contributed by atoms with van der Waals surface area (Å²) < 4.78 is 2.03. The van der Waals surface area contributed by atoms with Gasteiger partial charge in [-0.25, -0.2) is 0 Å². The van der Waals surface area contributed by atoms with Gasteiger partial charge in [-0.2, -0.15) is 5.10 Å². The number of aromatic nitrogens is 2. The first-order chi connectivity index (χ1) is 9.32. The molecule has 0 spiro atoms. The summed E-state index contributed by atoms with van der Waals surface area (Å²) in [6.45, 7) is 14.4. The zero-order valence-electron chi connectivity index (χ0n) is 14.0. The Labute approximate surface area is 123 Å². The van der Waals surface area contributed by atoms with Crippen LogP contribution in [-0.4, -0.2) is 38.8 Å². The van der Waals surface area contributed by atoms with E-state index < -0.39 is 0 Å². The summed E-state index contributed by atoms with van der Waals surface area (Å²) in [4.78, 5) is 2.67. The van der Waals surface area contributed by atoms with Crippen LogP contribution in [0.3, 0.4) is 0 Å². The first kappa shape index (κ1) is 15.5. The molecule has 0 saturated carbocycles. The van der Waals surface area contributed by atoms with Crippen molar-refractivity contribution in [1.29, 1.82) is 0 Å². The standard InChI is InChI=1S/C16H30N4/c1-7-16(8-2)11-17-15(4,5)12-20(16)10-14-9-13(3)18-19(14)6/h9,17H,7-8,10-12H2,1-6H3. The molecule has 20 heavy (non-hydrogen) atoms. The lowest BCUT2D eigenvalue weighted by atomic mass is 9.84. The van der Waals surface area contributed by atoms with Crippen LogP contribution in [-0.2, 0) is 13.6 Å². The minimum atomic E-state index is 0.182. The van der Waals surface area contributed by atoms with Crippen molar-refractivity contribution in [2.45, 2.75) is 65.1 Å². The second-order valence-electron chi connectivity index (χ2n) is 6.93. The van der Waals surface area contributed by atoms with Gasteiger partial charge >= 0.3 is 0 Å². The number of hydrogen-bond acceptors (Lipinski definition) is 3. The van der Waals surface area contributed by atoms with Crippen LogP contribution in [0.4, 0.5) is 0 Å². The summed E-state index contributed by atoms with van der Waals surface area (Å²) in [7, 11) is 2.05. The van der Waals surface area contributed by atoms with Crippen LogP contribution in [0.15, 0.2) is 6.07 Å². The fourth-order valence-corrected chi connectivity index (χ4v) is 3.39. The van der Waals surface area contributed by atoms with Gasteiger partial charge in [-0.1, -0.05) is 13.8 Å². The molecule has 1 N–H and O–H groups in total. The summed E-state index contributed by atoms with van der Waals surface area (Å²) >= 11 is 0. The summed E-state index contributed by atoms with van der Waals surface area (Å²) in [5.74, 6) is 0. The van der Waals surface area contributed by atoms with Gasteiger partial charge in [0.1, 0.15) is 0 Å². The zero-order chi connectivity index (χ0) is 15.0. The van der Waals surface area contributed by atoms with Gasteiger partial charge in [0.25, 0.3) is 0 Å². The van der Waals surface area contributed by atoms with E-state index >= 15 is 0 Å². The molecule has 0 bridgehead atoms. The van der Waals surface area contributed by atoms with Gasteiger partial charge in [0.15, 0.2) is 0 Å². The van der Waals surface area contributed by atoms with Gasteiger partial charge in [-0.15, -0.1) is 0 Å². The van der Waals surface area contributed by atoms with Crippen molar-refractivity contribution >= 4 is 0 Å². The smallest absolute Gasteiger partial charge is 0.0597 e. The highest BCUT2D eigenvalue weighted by Gasteiger charge is 2.41. The summed E-state index contributed by atoms with van der Waals surface area (Å²) in [6, 6.07) is 2.21. The molecular weight excluding hydrogens is 248 g/mol. The summed E-state index contributed by atoms with van der Waals surface area (Å²) in [5.41, 5.74) is 2.87. The molecule has 0 aliphatic carbocycles. The first-order valence-electron chi connectivity index (χ1n) is 7.81. The molecule has 1 aromatic rings. The van der Waals surface area contributed by atoms with Gasteiger partial charge in [0.2, 0.25) is 0 Å². The molecule has 2 heterocycles. The topological polar surface area (TPSA) is 33.1 Å². The third kappa shape index (κ3) is 2.91. The number of hydrogen-bond donors (Lipinski definition) is 1. The maximum Gasteiger partial charge on any atom is 0.0597 e. The Morgan fingerprint density at radius 3 is 2.45 bits per heavy atom. The van der Waals surface area contributed by atoms with Gasteiger partial charge < -0.3 is 5.32 Å². The molecule has 1 fully saturated rings. The SMILES string of the molecule is CCC1(CC)CNC(C)(C)CN1Cc1cc(C)nn1C. The fourth-order valence-electron chi connectivity index (χ4n) is 3.39. The maximum absolute atomic E-state index is 4.49. The molecule has 0 amide bonds. The van der Waals surface area contributed by atoms with E-state index in [9.17, 15) is 0 Å². The second-order valence-corrected chi connectivity index (χ2v) is 6.93. The van der Waals surface area contributed by atoms with Gasteiger partial charge in [-0.05, 0) is 39.7 Å². The van der Waals surface area contributed by atoms with Crippen molar-refractivity contribution in [2.75, 3.05) is 13.1 Å². The Morgan fingerprint density at radius 2 is 1.95 bits per heavy atom. The highest BCUT2D eigenvalue weighted by molar-refractivity contribution is 5.11. The average Bonchev–Trinajstić information content (AvgIpc) is 2.68. The normalized spacial score (nSPS) is 22.1. The minimum absolute atomic E-state index is 0.182. The van der Waals surface area contributed by atoms with E-state index in [1.165, 1.54) is 18.5 Å². The molecule has 1 aromatic heterocycles. The highest BCUT2D eigenvalue weighted by atomic mass is 15.3. The molecule has 2 rings (SSSR count). The minimum Gasteiger partial charge on any atom is -0.309 e. The van der Waals surface area contributed by atoms with E-state index in [4.69, 9.17) is 0 Å². The summed E-state index contributed by atoms with van der Waals surface area (Å²) in [6.07, 6.45) is 2.37. The molecule has 4 heteroatoms. The Bertz CT molecular complexity index is 457. The molecule has 0 atom stereocenters. The molecule has 1 saturated heterocycles. The van der Waals surface area contributed by atoms with Crippen molar-refractivity contribution in [2.24, 2.45) is 7.05 Å². The van der Waals surface area contributed by atoms with Crippen LogP contribution in [0.5, 0.6) is 0 Å². The van der Waals surface area contributed by atoms with E-state index in [-0.39, 0.29) is 11.1 Å². The van der Waals surface area contributed by atoms with Crippen LogP contribution in [0.25, 0.3) is 0 Å². The van der Waals surface area contributed by atoms with Crippen molar-refractivity contribution in [1.82, 2.24) is 20.0 Å². The van der Waals surface area contributed by atoms with Crippen molar-refractivity contribution in [3.05, 3.63) is 17.5 Å². The lowest BCUT2D eigenvalue weighted by molar-refractivity contribution is 0.000718. The van der Waals surface area contributed by atoms with Gasteiger partial charge in [0.05, 0.1) is 11.4 Å². The van der Waals surface area contributed by atoms with Gasteiger partial charge in [-0.3, -0.25) is 9.58 Å². The van der Waals surface area contributed by atoms with Crippen molar-refractivity contribution < 1.29 is 0 Å². The third-order valence-corrected chi connectivity index (χ3v) is 4.92. The molecule has 4 nitrogen and oxygen atoms in total. The number of nitrogens with one attached hydrogen (secondary N) is 1. The molecule has 0 aromatic carbocycles. The number of piperazine rings is 1. The first-order valence-corrected chi connectivity index (χ1v) is 7.81. The lowest BCUT2D eigenvalue weighted by Gasteiger charge is -2.52. The predicted octanol–water partition coefficient (Wildman–Crippen LogP) is 2.47. The molecule has 1 aliphatic heterocycles. The largest absolute Gasteiger partial charge is 0.309 e. The quantitative estimate of drug-likeness (QED) is 0.918. The van der Waals surface area contributed by atoms with Crippen LogP contribution < -0.4 is 5.32 Å². The monoisotopic (exact) mass is 278 g/mol. The van der Waals surface area contributed by atoms with Crippen LogP contribution in [0, 0.1) is 6.92 Å². The highest BCUT2D eigenvalue weighted by Crippen LogP contribution is 2.31. The number of rotatable bonds is 4. The Kier molecular flexibility index (Phi) is 4.26. The summed E-state index contributed by atoms with van der Waals surface area (Å²) in [5, 5.41) is 8.21. The molecule has 114 valence electrons. The zero-order valence-corrected chi connectivity index (χ0v) is 14.0. The number of nitrogens with zero attached hydrogens (tertiary/aromatic N) is 3. The van der Waals surface area contributed by atoms with E-state index in [0.717, 1.165) is 25.3 Å². The maximum atomic E-state index is 4.49. The Balaban J connectivity index is 2.25. The van der Waals surface area contributed by atoms with E-state index in [1.807, 2.05) is 4.68 Å². The van der Waals surface area contributed by atoms with Crippen molar-refractivity contribution in [3.63, 3.8) is 0 Å². The van der Waals surface area contributed by atoms with Crippen LogP contribution in [0.1, 0.15) is 51.9 Å². The van der Waals surface area contributed by atoms with Crippen molar-refractivity contribution in [3.8, 4) is 0 Å².